The van der Waals surface area contributed by atoms with E-state index in [0.29, 0.717) is 37.7 Å². The minimum absolute atomic E-state index is 0.359. The maximum absolute atomic E-state index is 12.2. The van der Waals surface area contributed by atoms with Gasteiger partial charge in [0, 0.05) is 91.5 Å². The number of hydrogen-bond donors (Lipinski definition) is 2. The lowest BCUT2D eigenvalue weighted by atomic mass is 9.99. The van der Waals surface area contributed by atoms with Crippen molar-refractivity contribution in [2.75, 3.05) is 39.4 Å². The standard InChI is InChI=1S/C39H42Cl2N6O3/c40-33-11-7-30(8-12-33)26-43-25-29-4-2-28(3-5-29)6-9-31-24-32(10-13-35(31)41)37-34-27-46(38(42)48)19-14-36(34)47(44-37)18-1-17-45-20-15-39(16-21-45)49-22-23-50-39/h2-5,7-8,10-13,24,43H,1,14-23,25-27H2,(H2,42,48). The Kier molecular flexibility index (Phi) is 10.8. The molecule has 9 nitrogen and oxygen atoms in total. The fraction of sp³-hybridized carbons (Fsp3) is 0.385. The van der Waals surface area contributed by atoms with Gasteiger partial charge in [-0.05, 0) is 60.5 Å². The molecule has 0 radical (unpaired) electrons. The number of aromatic nitrogens is 2. The second kappa shape index (κ2) is 15.6. The van der Waals surface area contributed by atoms with Crippen LogP contribution in [0.15, 0.2) is 66.7 Å². The molecule has 0 unspecified atom stereocenters. The Morgan fingerprint density at radius 2 is 1.60 bits per heavy atom. The normalized spacial score (nSPS) is 17.0. The summed E-state index contributed by atoms with van der Waals surface area (Å²) in [5.74, 6) is 6.20. The first-order valence-corrected chi connectivity index (χ1v) is 18.1. The van der Waals surface area contributed by atoms with Crippen LogP contribution < -0.4 is 11.1 Å². The number of ether oxygens (including phenoxy) is 2. The topological polar surface area (TPSA) is 97.9 Å². The van der Waals surface area contributed by atoms with E-state index in [1.165, 1.54) is 11.1 Å². The van der Waals surface area contributed by atoms with Gasteiger partial charge in [0.15, 0.2) is 5.79 Å². The van der Waals surface area contributed by atoms with Crippen molar-refractivity contribution < 1.29 is 14.3 Å². The molecule has 2 amide bonds. The molecule has 7 rings (SSSR count). The van der Waals surface area contributed by atoms with E-state index in [4.69, 9.17) is 43.5 Å². The maximum atomic E-state index is 12.2. The van der Waals surface area contributed by atoms with Crippen molar-refractivity contribution in [1.82, 2.24) is 24.9 Å². The number of primary amides is 1. The predicted octanol–water partition coefficient (Wildman–Crippen LogP) is 6.21. The molecular formula is C39H42Cl2N6O3. The number of halogens is 2. The molecule has 3 aromatic carbocycles. The minimum Gasteiger partial charge on any atom is -0.351 e. The van der Waals surface area contributed by atoms with Crippen molar-refractivity contribution in [1.29, 1.82) is 0 Å². The molecule has 0 atom stereocenters. The molecule has 0 bridgehead atoms. The number of piperidine rings is 1. The first kappa shape index (κ1) is 34.6. The van der Waals surface area contributed by atoms with Gasteiger partial charge in [-0.3, -0.25) is 4.68 Å². The Bertz CT molecular complexity index is 1870. The summed E-state index contributed by atoms with van der Waals surface area (Å²) in [6.07, 6.45) is 3.50. The van der Waals surface area contributed by atoms with E-state index in [-0.39, 0.29) is 5.79 Å². The van der Waals surface area contributed by atoms with Gasteiger partial charge in [0.1, 0.15) is 0 Å². The molecule has 0 saturated carbocycles. The van der Waals surface area contributed by atoms with E-state index in [0.717, 1.165) is 97.2 Å². The molecule has 3 aliphatic heterocycles. The van der Waals surface area contributed by atoms with Gasteiger partial charge in [-0.2, -0.15) is 5.10 Å². The second-order valence-corrected chi connectivity index (χ2v) is 14.0. The molecule has 260 valence electrons. The lowest BCUT2D eigenvalue weighted by Gasteiger charge is -2.37. The zero-order valence-electron chi connectivity index (χ0n) is 28.1. The maximum Gasteiger partial charge on any atom is 0.315 e. The van der Waals surface area contributed by atoms with Crippen molar-refractivity contribution in [3.05, 3.63) is 110 Å². The van der Waals surface area contributed by atoms with Gasteiger partial charge < -0.3 is 30.3 Å². The Morgan fingerprint density at radius 3 is 2.30 bits per heavy atom. The van der Waals surface area contributed by atoms with Crippen LogP contribution in [0.25, 0.3) is 11.3 Å². The number of nitrogens with one attached hydrogen (secondary N) is 1. The van der Waals surface area contributed by atoms with Crippen molar-refractivity contribution >= 4 is 29.2 Å². The first-order valence-electron chi connectivity index (χ1n) is 17.3. The second-order valence-electron chi connectivity index (χ2n) is 13.2. The number of amides is 2. The lowest BCUT2D eigenvalue weighted by molar-refractivity contribution is -0.185. The Morgan fingerprint density at radius 1 is 0.900 bits per heavy atom. The fourth-order valence-electron chi connectivity index (χ4n) is 7.01. The molecule has 4 aromatic rings. The molecule has 3 aliphatic rings. The van der Waals surface area contributed by atoms with Crippen LogP contribution in [0.5, 0.6) is 0 Å². The summed E-state index contributed by atoms with van der Waals surface area (Å²) in [4.78, 5) is 16.3. The number of benzene rings is 3. The number of aryl methyl sites for hydroxylation is 1. The molecule has 3 N–H and O–H groups in total. The quantitative estimate of drug-likeness (QED) is 0.200. The number of carbonyl (C=O) groups excluding carboxylic acids is 1. The molecule has 1 spiro atoms. The van der Waals surface area contributed by atoms with E-state index in [1.807, 2.05) is 54.6 Å². The van der Waals surface area contributed by atoms with Gasteiger partial charge in [0.2, 0.25) is 0 Å². The summed E-state index contributed by atoms with van der Waals surface area (Å²) in [5, 5.41) is 9.90. The number of urea groups is 1. The van der Waals surface area contributed by atoms with Crippen LogP contribution in [0.1, 0.15) is 52.8 Å². The van der Waals surface area contributed by atoms with E-state index < -0.39 is 6.03 Å². The highest BCUT2D eigenvalue weighted by Gasteiger charge is 2.39. The molecule has 11 heteroatoms. The van der Waals surface area contributed by atoms with Crippen molar-refractivity contribution in [2.24, 2.45) is 5.73 Å². The largest absolute Gasteiger partial charge is 0.351 e. The van der Waals surface area contributed by atoms with Crippen molar-refractivity contribution in [2.45, 2.75) is 57.6 Å². The monoisotopic (exact) mass is 712 g/mol. The third kappa shape index (κ3) is 8.18. The van der Waals surface area contributed by atoms with Crippen LogP contribution in [0.4, 0.5) is 4.79 Å². The van der Waals surface area contributed by atoms with Crippen molar-refractivity contribution in [3.63, 3.8) is 0 Å². The highest BCUT2D eigenvalue weighted by atomic mass is 35.5. The zero-order valence-corrected chi connectivity index (χ0v) is 29.6. The summed E-state index contributed by atoms with van der Waals surface area (Å²) < 4.78 is 13.9. The lowest BCUT2D eigenvalue weighted by Crippen LogP contribution is -2.45. The van der Waals surface area contributed by atoms with E-state index >= 15 is 0 Å². The van der Waals surface area contributed by atoms with Crippen LogP contribution in [-0.4, -0.2) is 70.8 Å². The van der Waals surface area contributed by atoms with Gasteiger partial charge in [0.25, 0.3) is 0 Å². The number of fused-ring (bicyclic) bond motifs is 1. The number of nitrogens with zero attached hydrogens (tertiary/aromatic N) is 4. The first-order chi connectivity index (χ1) is 24.3. The molecule has 2 fully saturated rings. The van der Waals surface area contributed by atoms with Crippen LogP contribution in [0.3, 0.4) is 0 Å². The smallest absolute Gasteiger partial charge is 0.315 e. The summed E-state index contributed by atoms with van der Waals surface area (Å²) in [6, 6.07) is 21.5. The van der Waals surface area contributed by atoms with Gasteiger partial charge in [-0.1, -0.05) is 65.4 Å². The molecule has 0 aliphatic carbocycles. The Labute approximate surface area is 303 Å². The van der Waals surface area contributed by atoms with Crippen LogP contribution in [-0.2, 0) is 42.1 Å². The SMILES string of the molecule is NC(=O)N1CCc2c(c(-c3ccc(Cl)c(C#Cc4ccc(CNCc5ccc(Cl)cc5)cc4)c3)nn2CCCN2CCC3(CC2)OCCO3)C1. The van der Waals surface area contributed by atoms with Gasteiger partial charge in [-0.25, -0.2) is 4.79 Å². The molecule has 50 heavy (non-hydrogen) atoms. The summed E-state index contributed by atoms with van der Waals surface area (Å²) >= 11 is 12.6. The Balaban J connectivity index is 1.03. The summed E-state index contributed by atoms with van der Waals surface area (Å²) in [5.41, 5.74) is 13.7. The number of rotatable bonds is 9. The number of carbonyl (C=O) groups is 1. The van der Waals surface area contributed by atoms with Crippen LogP contribution in [0, 0.1) is 11.8 Å². The van der Waals surface area contributed by atoms with E-state index in [9.17, 15) is 4.79 Å². The number of likely N-dealkylation sites (tertiary alicyclic amines) is 1. The minimum atomic E-state index is -0.418. The van der Waals surface area contributed by atoms with E-state index in [1.54, 1.807) is 4.90 Å². The van der Waals surface area contributed by atoms with Gasteiger partial charge in [-0.15, -0.1) is 0 Å². The Hall–Kier alpha value is -3.88. The average molecular weight is 714 g/mol. The van der Waals surface area contributed by atoms with Gasteiger partial charge in [0.05, 0.1) is 30.5 Å². The summed E-state index contributed by atoms with van der Waals surface area (Å²) in [7, 11) is 0. The molecule has 2 saturated heterocycles. The molecule has 1 aromatic heterocycles. The van der Waals surface area contributed by atoms with Gasteiger partial charge >= 0.3 is 6.03 Å². The third-order valence-corrected chi connectivity index (χ3v) is 10.4. The predicted molar refractivity (Wildman–Crippen MR) is 196 cm³/mol. The van der Waals surface area contributed by atoms with E-state index in [2.05, 4.69) is 38.9 Å². The summed E-state index contributed by atoms with van der Waals surface area (Å²) in [6.45, 7) is 7.62. The number of hydrogen-bond acceptors (Lipinski definition) is 6. The fourth-order valence-corrected chi connectivity index (χ4v) is 7.30. The number of nitrogens with two attached hydrogens (primary N) is 1. The third-order valence-electron chi connectivity index (χ3n) is 9.83. The van der Waals surface area contributed by atoms with Crippen LogP contribution in [0.2, 0.25) is 10.0 Å². The van der Waals surface area contributed by atoms with Crippen LogP contribution >= 0.6 is 23.2 Å². The molecular weight excluding hydrogens is 671 g/mol. The zero-order chi connectivity index (χ0) is 34.5. The highest BCUT2D eigenvalue weighted by Crippen LogP contribution is 2.33. The van der Waals surface area contributed by atoms with Crippen molar-refractivity contribution in [3.8, 4) is 23.1 Å². The average Bonchev–Trinajstić information content (AvgIpc) is 3.74. The highest BCUT2D eigenvalue weighted by molar-refractivity contribution is 6.31. The molecule has 4 heterocycles.